The van der Waals surface area contributed by atoms with Crippen molar-refractivity contribution in [1.82, 2.24) is 4.98 Å². The summed E-state index contributed by atoms with van der Waals surface area (Å²) in [5.74, 6) is 4.45. The van der Waals surface area contributed by atoms with E-state index >= 15 is 0 Å². The van der Waals surface area contributed by atoms with Crippen LogP contribution >= 0.6 is 0 Å². The van der Waals surface area contributed by atoms with Crippen molar-refractivity contribution in [2.24, 2.45) is 5.92 Å². The SMILES string of the molecule is C#CC[C@@H](C)c1nc(C[C@H](C)[C@H]2Cc3ccc(C)c(OCc4ccc(OC)cc4)c3C(=O)O2)co1. The molecule has 0 bridgehead atoms. The summed E-state index contributed by atoms with van der Waals surface area (Å²) in [6.45, 7) is 6.35. The molecular weight excluding hydrogens is 442 g/mol. The van der Waals surface area contributed by atoms with Gasteiger partial charge < -0.3 is 18.6 Å². The second-order valence-corrected chi connectivity index (χ2v) is 9.20. The molecule has 0 saturated carbocycles. The zero-order chi connectivity index (χ0) is 24.9. The van der Waals surface area contributed by atoms with Gasteiger partial charge in [-0.2, -0.15) is 0 Å². The van der Waals surface area contributed by atoms with E-state index in [9.17, 15) is 4.79 Å². The third-order valence-corrected chi connectivity index (χ3v) is 6.45. The predicted molar refractivity (Wildman–Crippen MR) is 133 cm³/mol. The number of nitrogens with zero attached hydrogens (tertiary/aromatic N) is 1. The van der Waals surface area contributed by atoms with Crippen LogP contribution in [0.15, 0.2) is 47.1 Å². The van der Waals surface area contributed by atoms with Crippen molar-refractivity contribution in [3.05, 3.63) is 76.5 Å². The number of fused-ring (bicyclic) bond motifs is 1. The Morgan fingerprint density at radius 1 is 1.20 bits per heavy atom. The fourth-order valence-corrected chi connectivity index (χ4v) is 4.33. The highest BCUT2D eigenvalue weighted by molar-refractivity contribution is 5.95. The van der Waals surface area contributed by atoms with Gasteiger partial charge in [-0.1, -0.05) is 38.1 Å². The molecule has 0 spiro atoms. The summed E-state index contributed by atoms with van der Waals surface area (Å²) in [6, 6.07) is 11.7. The third kappa shape index (κ3) is 5.51. The molecule has 182 valence electrons. The van der Waals surface area contributed by atoms with Crippen LogP contribution in [0.3, 0.4) is 0 Å². The summed E-state index contributed by atoms with van der Waals surface area (Å²) in [6.07, 6.45) is 8.67. The number of carbonyl (C=O) groups excluding carboxylic acids is 1. The number of esters is 1. The number of aromatic nitrogens is 1. The molecule has 0 amide bonds. The monoisotopic (exact) mass is 473 g/mol. The van der Waals surface area contributed by atoms with Crippen molar-refractivity contribution in [3.8, 4) is 23.8 Å². The van der Waals surface area contributed by atoms with Crippen LogP contribution in [0.5, 0.6) is 11.5 Å². The molecule has 0 aliphatic carbocycles. The van der Waals surface area contributed by atoms with Gasteiger partial charge in [0.05, 0.1) is 12.8 Å². The zero-order valence-corrected chi connectivity index (χ0v) is 20.7. The van der Waals surface area contributed by atoms with E-state index in [1.54, 1.807) is 13.4 Å². The van der Waals surface area contributed by atoms with Gasteiger partial charge in [0.25, 0.3) is 0 Å². The van der Waals surface area contributed by atoms with Crippen molar-refractivity contribution in [1.29, 1.82) is 0 Å². The molecule has 6 heteroatoms. The first kappa shape index (κ1) is 24.4. The van der Waals surface area contributed by atoms with Gasteiger partial charge in [0.15, 0.2) is 5.89 Å². The number of terminal acetylenes is 1. The van der Waals surface area contributed by atoms with Gasteiger partial charge >= 0.3 is 5.97 Å². The molecule has 3 atom stereocenters. The van der Waals surface area contributed by atoms with Gasteiger partial charge in [0, 0.05) is 18.8 Å². The van der Waals surface area contributed by atoms with Gasteiger partial charge in [-0.3, -0.25) is 0 Å². The van der Waals surface area contributed by atoms with Crippen LogP contribution in [0.25, 0.3) is 0 Å². The molecule has 0 unspecified atom stereocenters. The second-order valence-electron chi connectivity index (χ2n) is 9.20. The van der Waals surface area contributed by atoms with E-state index in [2.05, 4.69) is 17.8 Å². The Hall–Kier alpha value is -3.72. The van der Waals surface area contributed by atoms with Crippen molar-refractivity contribution in [2.75, 3.05) is 7.11 Å². The summed E-state index contributed by atoms with van der Waals surface area (Å²) in [5, 5.41) is 0. The lowest BCUT2D eigenvalue weighted by Gasteiger charge is -2.30. The second kappa shape index (κ2) is 10.7. The Kier molecular flexibility index (Phi) is 7.45. The summed E-state index contributed by atoms with van der Waals surface area (Å²) in [7, 11) is 1.63. The number of aryl methyl sites for hydroxylation is 1. The van der Waals surface area contributed by atoms with Crippen molar-refractivity contribution >= 4 is 5.97 Å². The van der Waals surface area contributed by atoms with E-state index in [4.69, 9.17) is 25.1 Å². The molecule has 2 aromatic carbocycles. The number of hydrogen-bond donors (Lipinski definition) is 0. The summed E-state index contributed by atoms with van der Waals surface area (Å²) in [4.78, 5) is 17.7. The standard InChI is InChI=1S/C29H31NO5/c1-6-7-19(3)28-30-23(17-34-28)14-20(4)25-15-22-11-8-18(2)27(26(22)29(31)35-25)33-16-21-9-12-24(32-5)13-10-21/h1,8-13,17,19-20,25H,7,14-16H2,2-5H3/t19-,20+,25-/m1/s1. The molecule has 1 aromatic heterocycles. The molecule has 0 saturated heterocycles. The molecule has 3 aromatic rings. The maximum Gasteiger partial charge on any atom is 0.342 e. The van der Waals surface area contributed by atoms with Gasteiger partial charge in [0.2, 0.25) is 0 Å². The number of hydrogen-bond acceptors (Lipinski definition) is 6. The van der Waals surface area contributed by atoms with Crippen LogP contribution in [-0.4, -0.2) is 24.2 Å². The average Bonchev–Trinajstić information content (AvgIpc) is 3.32. The van der Waals surface area contributed by atoms with Crippen LogP contribution < -0.4 is 9.47 Å². The molecular formula is C29H31NO5. The van der Waals surface area contributed by atoms with Crippen LogP contribution in [0.2, 0.25) is 0 Å². The normalized spacial score (nSPS) is 16.5. The third-order valence-electron chi connectivity index (χ3n) is 6.45. The molecule has 4 rings (SSSR count). The highest BCUT2D eigenvalue weighted by atomic mass is 16.5. The number of ether oxygens (including phenoxy) is 3. The zero-order valence-electron chi connectivity index (χ0n) is 20.7. The van der Waals surface area contributed by atoms with E-state index < -0.39 is 0 Å². The topological polar surface area (TPSA) is 70.8 Å². The summed E-state index contributed by atoms with van der Waals surface area (Å²) >= 11 is 0. The van der Waals surface area contributed by atoms with Crippen LogP contribution in [0.1, 0.15) is 64.8 Å². The van der Waals surface area contributed by atoms with Crippen molar-refractivity contribution < 1.29 is 23.4 Å². The minimum absolute atomic E-state index is 0.0676. The maximum absolute atomic E-state index is 13.1. The fourth-order valence-electron chi connectivity index (χ4n) is 4.33. The van der Waals surface area contributed by atoms with Crippen LogP contribution in [0, 0.1) is 25.2 Å². The smallest absolute Gasteiger partial charge is 0.342 e. The molecule has 0 fully saturated rings. The molecule has 0 radical (unpaired) electrons. The lowest BCUT2D eigenvalue weighted by molar-refractivity contribution is 0.0105. The summed E-state index contributed by atoms with van der Waals surface area (Å²) in [5.41, 5.74) is 4.19. The van der Waals surface area contributed by atoms with Crippen molar-refractivity contribution in [3.63, 3.8) is 0 Å². The van der Waals surface area contributed by atoms with Crippen LogP contribution in [0.4, 0.5) is 0 Å². The first-order valence-corrected chi connectivity index (χ1v) is 11.9. The Morgan fingerprint density at radius 2 is 1.97 bits per heavy atom. The molecule has 0 N–H and O–H groups in total. The van der Waals surface area contributed by atoms with E-state index in [1.807, 2.05) is 50.2 Å². The number of benzene rings is 2. The summed E-state index contributed by atoms with van der Waals surface area (Å²) < 4.78 is 22.8. The lowest BCUT2D eigenvalue weighted by Crippen LogP contribution is -2.34. The van der Waals surface area contributed by atoms with Crippen molar-refractivity contribution in [2.45, 2.75) is 58.7 Å². The Labute approximate surface area is 206 Å². The Morgan fingerprint density at radius 3 is 2.69 bits per heavy atom. The van der Waals surface area contributed by atoms with E-state index in [-0.39, 0.29) is 23.9 Å². The quantitative estimate of drug-likeness (QED) is 0.295. The highest BCUT2D eigenvalue weighted by Crippen LogP contribution is 2.35. The van der Waals surface area contributed by atoms with Gasteiger partial charge in [-0.05, 0) is 48.1 Å². The number of carbonyl (C=O) groups is 1. The van der Waals surface area contributed by atoms with E-state index in [0.29, 0.717) is 43.1 Å². The van der Waals surface area contributed by atoms with Gasteiger partial charge in [-0.25, -0.2) is 9.78 Å². The van der Waals surface area contributed by atoms with Gasteiger partial charge in [-0.15, -0.1) is 12.3 Å². The maximum atomic E-state index is 13.1. The largest absolute Gasteiger partial charge is 0.497 e. The number of oxazole rings is 1. The first-order valence-electron chi connectivity index (χ1n) is 11.9. The molecule has 1 aliphatic heterocycles. The minimum atomic E-state index is -0.347. The number of methoxy groups -OCH3 is 1. The van der Waals surface area contributed by atoms with E-state index in [1.165, 1.54) is 0 Å². The molecule has 1 aliphatic rings. The van der Waals surface area contributed by atoms with Gasteiger partial charge in [0.1, 0.15) is 36.0 Å². The van der Waals surface area contributed by atoms with E-state index in [0.717, 1.165) is 28.1 Å². The highest BCUT2D eigenvalue weighted by Gasteiger charge is 2.33. The number of cyclic esters (lactones) is 1. The molecule has 6 nitrogen and oxygen atoms in total. The first-order chi connectivity index (χ1) is 16.9. The number of rotatable bonds is 9. The molecule has 2 heterocycles. The average molecular weight is 474 g/mol. The minimum Gasteiger partial charge on any atom is -0.497 e. The fraction of sp³-hybridized carbons (Fsp3) is 0.379. The Balaban J connectivity index is 1.46. The Bertz CT molecular complexity index is 1220. The molecule has 35 heavy (non-hydrogen) atoms. The predicted octanol–water partition coefficient (Wildman–Crippen LogP) is 5.66. The van der Waals surface area contributed by atoms with Crippen LogP contribution in [-0.2, 0) is 24.2 Å². The lowest BCUT2D eigenvalue weighted by atomic mass is 9.88.